The molecule has 2 rings (SSSR count). The van der Waals surface area contributed by atoms with Crippen LogP contribution in [0.2, 0.25) is 0 Å². The zero-order chi connectivity index (χ0) is 20.5. The van der Waals surface area contributed by atoms with E-state index in [-0.39, 0.29) is 18.4 Å². The number of rotatable bonds is 9. The molecule has 5 nitrogen and oxygen atoms in total. The third-order valence-electron chi connectivity index (χ3n) is 4.69. The lowest BCUT2D eigenvalue weighted by Crippen LogP contribution is -2.50. The smallest absolute Gasteiger partial charge is 0.261 e. The summed E-state index contributed by atoms with van der Waals surface area (Å²) in [6.07, 6.45) is 0.536. The number of nitrogens with zero attached hydrogens (tertiary/aromatic N) is 1. The van der Waals surface area contributed by atoms with Crippen molar-refractivity contribution in [1.82, 2.24) is 10.2 Å². The van der Waals surface area contributed by atoms with Crippen molar-refractivity contribution >= 4 is 11.8 Å². The second kappa shape index (κ2) is 10.5. The van der Waals surface area contributed by atoms with Crippen LogP contribution in [0.4, 0.5) is 0 Å². The Hall–Kier alpha value is -2.82. The molecule has 0 spiro atoms. The molecule has 2 aromatic carbocycles. The van der Waals surface area contributed by atoms with E-state index in [0.717, 1.165) is 16.7 Å². The molecule has 0 fully saturated rings. The minimum Gasteiger partial charge on any atom is -0.484 e. The molecule has 150 valence electrons. The molecule has 0 bridgehead atoms. The normalized spacial score (nSPS) is 11.6. The van der Waals surface area contributed by atoms with Crippen molar-refractivity contribution in [1.29, 1.82) is 0 Å². The number of ether oxygens (including phenoxy) is 1. The van der Waals surface area contributed by atoms with Crippen LogP contribution in [0.25, 0.3) is 0 Å². The molecule has 1 N–H and O–H groups in total. The second-order valence-electron chi connectivity index (χ2n) is 6.87. The number of carbonyl (C=O) groups excluding carboxylic acids is 2. The summed E-state index contributed by atoms with van der Waals surface area (Å²) in [5, 5.41) is 2.84. The van der Waals surface area contributed by atoms with Crippen LogP contribution in [0, 0.1) is 13.8 Å². The van der Waals surface area contributed by atoms with Crippen molar-refractivity contribution < 1.29 is 14.3 Å². The Morgan fingerprint density at radius 2 is 1.82 bits per heavy atom. The number of aryl methyl sites for hydroxylation is 2. The maximum atomic E-state index is 13.0. The lowest BCUT2D eigenvalue weighted by atomic mass is 10.1. The fourth-order valence-electron chi connectivity index (χ4n) is 3.12. The Kier molecular flexibility index (Phi) is 8.05. The summed E-state index contributed by atoms with van der Waals surface area (Å²) in [5.74, 6) is 0.306. The highest BCUT2D eigenvalue weighted by atomic mass is 16.5. The molecule has 28 heavy (non-hydrogen) atoms. The number of hydrogen-bond donors (Lipinski definition) is 1. The van der Waals surface area contributed by atoms with Crippen LogP contribution in [-0.2, 0) is 16.1 Å². The average molecular weight is 383 g/mol. The van der Waals surface area contributed by atoms with Gasteiger partial charge in [0.25, 0.3) is 5.91 Å². The average Bonchev–Trinajstić information content (AvgIpc) is 2.67. The SMILES string of the molecule is CCNC(=O)[C@H](CC)N(Cc1ccccc1C)C(=O)COc1cccc(C)c1. The summed E-state index contributed by atoms with van der Waals surface area (Å²) >= 11 is 0. The lowest BCUT2D eigenvalue weighted by Gasteiger charge is -2.31. The first-order chi connectivity index (χ1) is 13.5. The van der Waals surface area contributed by atoms with Crippen LogP contribution in [0.3, 0.4) is 0 Å². The lowest BCUT2D eigenvalue weighted by molar-refractivity contribution is -0.142. The van der Waals surface area contributed by atoms with Gasteiger partial charge in [-0.2, -0.15) is 0 Å². The Bertz CT molecular complexity index is 804. The molecule has 0 unspecified atom stereocenters. The van der Waals surface area contributed by atoms with Gasteiger partial charge in [-0.15, -0.1) is 0 Å². The van der Waals surface area contributed by atoms with E-state index in [0.29, 0.717) is 25.3 Å². The molecule has 0 saturated carbocycles. The molecular weight excluding hydrogens is 352 g/mol. The summed E-state index contributed by atoms with van der Waals surface area (Å²) in [6.45, 7) is 8.57. The number of likely N-dealkylation sites (N-methyl/N-ethyl adjacent to an activating group) is 1. The van der Waals surface area contributed by atoms with Crippen LogP contribution in [0.5, 0.6) is 5.75 Å². The van der Waals surface area contributed by atoms with E-state index >= 15 is 0 Å². The summed E-state index contributed by atoms with van der Waals surface area (Å²) in [4.78, 5) is 27.2. The molecule has 0 heterocycles. The molecule has 0 saturated heterocycles. The summed E-state index contributed by atoms with van der Waals surface area (Å²) in [7, 11) is 0. The first kappa shape index (κ1) is 21.5. The molecule has 2 amide bonds. The molecule has 0 radical (unpaired) electrons. The second-order valence-corrected chi connectivity index (χ2v) is 6.87. The van der Waals surface area contributed by atoms with Gasteiger partial charge in [-0.05, 0) is 56.0 Å². The Morgan fingerprint density at radius 3 is 2.46 bits per heavy atom. The van der Waals surface area contributed by atoms with E-state index in [2.05, 4.69) is 5.32 Å². The number of amides is 2. The maximum Gasteiger partial charge on any atom is 0.261 e. The molecule has 2 aromatic rings. The fraction of sp³-hybridized carbons (Fsp3) is 0.391. The van der Waals surface area contributed by atoms with Crippen LogP contribution in [0.1, 0.15) is 37.0 Å². The van der Waals surface area contributed by atoms with Crippen LogP contribution in [-0.4, -0.2) is 35.9 Å². The molecule has 0 aliphatic carbocycles. The van der Waals surface area contributed by atoms with Gasteiger partial charge < -0.3 is 15.0 Å². The largest absolute Gasteiger partial charge is 0.484 e. The molecule has 5 heteroatoms. The highest BCUT2D eigenvalue weighted by molar-refractivity contribution is 5.88. The third-order valence-corrected chi connectivity index (χ3v) is 4.69. The van der Waals surface area contributed by atoms with Crippen LogP contribution in [0.15, 0.2) is 48.5 Å². The minimum atomic E-state index is -0.534. The monoisotopic (exact) mass is 382 g/mol. The number of nitrogens with one attached hydrogen (secondary N) is 1. The Labute approximate surface area is 167 Å². The Balaban J connectivity index is 2.21. The highest BCUT2D eigenvalue weighted by Crippen LogP contribution is 2.17. The highest BCUT2D eigenvalue weighted by Gasteiger charge is 2.28. The third kappa shape index (κ3) is 5.84. The van der Waals surface area contributed by atoms with Gasteiger partial charge in [0.05, 0.1) is 0 Å². The summed E-state index contributed by atoms with van der Waals surface area (Å²) in [5.41, 5.74) is 3.18. The predicted octanol–water partition coefficient (Wildman–Crippen LogP) is 3.63. The van der Waals surface area contributed by atoms with E-state index in [9.17, 15) is 9.59 Å². The molecular formula is C23H30N2O3. The van der Waals surface area contributed by atoms with Crippen LogP contribution < -0.4 is 10.1 Å². The van der Waals surface area contributed by atoms with Gasteiger partial charge in [-0.3, -0.25) is 9.59 Å². The quantitative estimate of drug-likeness (QED) is 0.721. The van der Waals surface area contributed by atoms with Gasteiger partial charge in [0, 0.05) is 13.1 Å². The number of carbonyl (C=O) groups is 2. The van der Waals surface area contributed by atoms with E-state index in [4.69, 9.17) is 4.74 Å². The van der Waals surface area contributed by atoms with E-state index < -0.39 is 6.04 Å². The fourth-order valence-corrected chi connectivity index (χ4v) is 3.12. The van der Waals surface area contributed by atoms with E-state index in [1.807, 2.05) is 76.2 Å². The zero-order valence-corrected chi connectivity index (χ0v) is 17.2. The molecule has 0 aromatic heterocycles. The minimum absolute atomic E-state index is 0.106. The first-order valence-electron chi connectivity index (χ1n) is 9.77. The topological polar surface area (TPSA) is 58.6 Å². The number of hydrogen-bond acceptors (Lipinski definition) is 3. The molecule has 0 aliphatic heterocycles. The van der Waals surface area contributed by atoms with Crippen molar-refractivity contribution in [3.05, 3.63) is 65.2 Å². The molecule has 0 aliphatic rings. The summed E-state index contributed by atoms with van der Waals surface area (Å²) < 4.78 is 5.71. The summed E-state index contributed by atoms with van der Waals surface area (Å²) in [6, 6.07) is 15.0. The van der Waals surface area contributed by atoms with Gasteiger partial charge in [-0.1, -0.05) is 43.3 Å². The predicted molar refractivity (Wildman–Crippen MR) is 111 cm³/mol. The van der Waals surface area contributed by atoms with Gasteiger partial charge in [0.2, 0.25) is 5.91 Å². The van der Waals surface area contributed by atoms with Crippen molar-refractivity contribution in [3.63, 3.8) is 0 Å². The van der Waals surface area contributed by atoms with Gasteiger partial charge in [0.15, 0.2) is 6.61 Å². The number of benzene rings is 2. The molecule has 1 atom stereocenters. The van der Waals surface area contributed by atoms with Crippen molar-refractivity contribution in [2.45, 2.75) is 46.7 Å². The standard InChI is InChI=1S/C23H30N2O3/c1-5-21(23(27)24-6-2)25(15-19-12-8-7-11-18(19)4)22(26)16-28-20-13-9-10-17(3)14-20/h7-14,21H,5-6,15-16H2,1-4H3,(H,24,27)/t21-/m0/s1. The van der Waals surface area contributed by atoms with E-state index in [1.54, 1.807) is 4.90 Å². The van der Waals surface area contributed by atoms with Gasteiger partial charge in [-0.25, -0.2) is 0 Å². The first-order valence-corrected chi connectivity index (χ1v) is 9.77. The van der Waals surface area contributed by atoms with Gasteiger partial charge in [0.1, 0.15) is 11.8 Å². The van der Waals surface area contributed by atoms with Gasteiger partial charge >= 0.3 is 0 Å². The van der Waals surface area contributed by atoms with E-state index in [1.165, 1.54) is 0 Å². The van der Waals surface area contributed by atoms with Crippen LogP contribution >= 0.6 is 0 Å². The Morgan fingerprint density at radius 1 is 1.07 bits per heavy atom. The zero-order valence-electron chi connectivity index (χ0n) is 17.2. The van der Waals surface area contributed by atoms with Crippen molar-refractivity contribution in [3.8, 4) is 5.75 Å². The van der Waals surface area contributed by atoms with Crippen molar-refractivity contribution in [2.24, 2.45) is 0 Å². The van der Waals surface area contributed by atoms with Crippen molar-refractivity contribution in [2.75, 3.05) is 13.2 Å². The maximum absolute atomic E-state index is 13.0.